The van der Waals surface area contributed by atoms with Crippen molar-refractivity contribution in [3.63, 3.8) is 0 Å². The highest BCUT2D eigenvalue weighted by atomic mass is 15.2. The molecule has 1 atom stereocenters. The Morgan fingerprint density at radius 1 is 1.27 bits per heavy atom. The van der Waals surface area contributed by atoms with Crippen molar-refractivity contribution in [2.45, 2.75) is 56.5 Å². The second-order valence-corrected chi connectivity index (χ2v) is 4.93. The molecule has 0 amide bonds. The van der Waals surface area contributed by atoms with Crippen LogP contribution in [0.5, 0.6) is 0 Å². The molecule has 2 heteroatoms. The van der Waals surface area contributed by atoms with E-state index in [1.165, 1.54) is 38.5 Å². The third-order valence-corrected chi connectivity index (χ3v) is 3.89. The van der Waals surface area contributed by atoms with Crippen molar-refractivity contribution in [3.8, 4) is 12.3 Å². The fourth-order valence-electron chi connectivity index (χ4n) is 2.81. The first-order valence-corrected chi connectivity index (χ1v) is 6.00. The van der Waals surface area contributed by atoms with E-state index in [4.69, 9.17) is 12.2 Å². The largest absolute Gasteiger partial charge is 0.325 e. The third-order valence-electron chi connectivity index (χ3n) is 3.89. The van der Waals surface area contributed by atoms with Gasteiger partial charge in [0.2, 0.25) is 0 Å². The SMILES string of the molecule is C#CCC(N)C1(N(C)C)CCCCCC1. The third kappa shape index (κ3) is 2.74. The van der Waals surface area contributed by atoms with E-state index in [0.717, 1.165) is 0 Å². The fraction of sp³-hybridized carbons (Fsp3) is 0.846. The lowest BCUT2D eigenvalue weighted by Gasteiger charge is -2.43. The van der Waals surface area contributed by atoms with Crippen LogP contribution in [0.1, 0.15) is 44.9 Å². The van der Waals surface area contributed by atoms with E-state index in [9.17, 15) is 0 Å². The van der Waals surface area contributed by atoms with Crippen LogP contribution in [0.15, 0.2) is 0 Å². The minimum atomic E-state index is 0.121. The molecule has 1 rings (SSSR count). The topological polar surface area (TPSA) is 29.3 Å². The van der Waals surface area contributed by atoms with Crippen LogP contribution >= 0.6 is 0 Å². The zero-order valence-corrected chi connectivity index (χ0v) is 10.1. The summed E-state index contributed by atoms with van der Waals surface area (Å²) in [6, 6.07) is 0.121. The first-order valence-electron chi connectivity index (χ1n) is 6.00. The van der Waals surface area contributed by atoms with Crippen molar-refractivity contribution >= 4 is 0 Å². The van der Waals surface area contributed by atoms with Crippen LogP contribution in [-0.4, -0.2) is 30.6 Å². The van der Waals surface area contributed by atoms with E-state index in [-0.39, 0.29) is 11.6 Å². The van der Waals surface area contributed by atoms with E-state index in [1.54, 1.807) is 0 Å². The lowest BCUT2D eigenvalue weighted by Crippen LogP contribution is -2.57. The Morgan fingerprint density at radius 2 is 1.80 bits per heavy atom. The van der Waals surface area contributed by atoms with Crippen molar-refractivity contribution in [1.82, 2.24) is 4.90 Å². The smallest absolute Gasteiger partial charge is 0.0363 e. The van der Waals surface area contributed by atoms with Crippen molar-refractivity contribution in [1.29, 1.82) is 0 Å². The molecule has 1 aliphatic carbocycles. The van der Waals surface area contributed by atoms with E-state index in [1.807, 2.05) is 0 Å². The van der Waals surface area contributed by atoms with Crippen molar-refractivity contribution < 1.29 is 0 Å². The van der Waals surface area contributed by atoms with Gasteiger partial charge in [-0.15, -0.1) is 12.3 Å². The Balaban J connectivity index is 2.80. The van der Waals surface area contributed by atoms with Gasteiger partial charge in [0.15, 0.2) is 0 Å². The second-order valence-electron chi connectivity index (χ2n) is 4.93. The molecule has 0 bridgehead atoms. The number of rotatable bonds is 3. The first kappa shape index (κ1) is 12.5. The molecule has 1 saturated carbocycles. The second kappa shape index (κ2) is 5.53. The molecule has 0 heterocycles. The number of likely N-dealkylation sites (N-methyl/N-ethyl adjacent to an activating group) is 1. The summed E-state index contributed by atoms with van der Waals surface area (Å²) >= 11 is 0. The molecular weight excluding hydrogens is 184 g/mol. The van der Waals surface area contributed by atoms with Crippen LogP contribution in [0, 0.1) is 12.3 Å². The summed E-state index contributed by atoms with van der Waals surface area (Å²) in [5.74, 6) is 2.71. The van der Waals surface area contributed by atoms with E-state index < -0.39 is 0 Å². The maximum absolute atomic E-state index is 6.28. The summed E-state index contributed by atoms with van der Waals surface area (Å²) in [7, 11) is 4.28. The molecule has 0 saturated heterocycles. The van der Waals surface area contributed by atoms with E-state index in [2.05, 4.69) is 24.9 Å². The molecule has 86 valence electrons. The van der Waals surface area contributed by atoms with Gasteiger partial charge in [0.25, 0.3) is 0 Å². The summed E-state index contributed by atoms with van der Waals surface area (Å²) in [4.78, 5) is 2.31. The Hall–Kier alpha value is -0.520. The summed E-state index contributed by atoms with van der Waals surface area (Å²) < 4.78 is 0. The van der Waals surface area contributed by atoms with Crippen LogP contribution < -0.4 is 5.73 Å². The molecular formula is C13H24N2. The van der Waals surface area contributed by atoms with Gasteiger partial charge in [-0.2, -0.15) is 0 Å². The average molecular weight is 208 g/mol. The molecule has 15 heavy (non-hydrogen) atoms. The average Bonchev–Trinajstić information content (AvgIpc) is 2.43. The molecule has 2 N–H and O–H groups in total. The van der Waals surface area contributed by atoms with Gasteiger partial charge in [0, 0.05) is 18.0 Å². The molecule has 1 fully saturated rings. The molecule has 0 aliphatic heterocycles. The zero-order valence-electron chi connectivity index (χ0n) is 10.1. The minimum absolute atomic E-state index is 0.121. The number of terminal acetylenes is 1. The van der Waals surface area contributed by atoms with Gasteiger partial charge in [-0.3, -0.25) is 0 Å². The predicted octanol–water partition coefficient (Wildman–Crippen LogP) is 1.99. The molecule has 0 radical (unpaired) electrons. The van der Waals surface area contributed by atoms with Crippen LogP contribution in [-0.2, 0) is 0 Å². The van der Waals surface area contributed by atoms with E-state index >= 15 is 0 Å². The normalized spacial score (nSPS) is 23.1. The lowest BCUT2D eigenvalue weighted by atomic mass is 9.80. The number of nitrogens with zero attached hydrogens (tertiary/aromatic N) is 1. The number of hydrogen-bond donors (Lipinski definition) is 1. The van der Waals surface area contributed by atoms with Crippen LogP contribution in [0.2, 0.25) is 0 Å². The van der Waals surface area contributed by atoms with Gasteiger partial charge >= 0.3 is 0 Å². The number of hydrogen-bond acceptors (Lipinski definition) is 2. The van der Waals surface area contributed by atoms with Crippen LogP contribution in [0.4, 0.5) is 0 Å². The quantitative estimate of drug-likeness (QED) is 0.568. The number of nitrogens with two attached hydrogens (primary N) is 1. The maximum atomic E-state index is 6.28. The van der Waals surface area contributed by atoms with Crippen LogP contribution in [0.3, 0.4) is 0 Å². The molecule has 2 nitrogen and oxygen atoms in total. The molecule has 0 aromatic heterocycles. The molecule has 0 aromatic rings. The van der Waals surface area contributed by atoms with E-state index in [0.29, 0.717) is 6.42 Å². The summed E-state index contributed by atoms with van der Waals surface area (Å²) in [6.45, 7) is 0. The standard InChI is InChI=1S/C13H24N2/c1-4-9-12(14)13(15(2)3)10-7-5-6-8-11-13/h1,12H,5-11,14H2,2-3H3. The highest BCUT2D eigenvalue weighted by Gasteiger charge is 2.38. The highest BCUT2D eigenvalue weighted by Crippen LogP contribution is 2.34. The van der Waals surface area contributed by atoms with Crippen LogP contribution in [0.25, 0.3) is 0 Å². The highest BCUT2D eigenvalue weighted by molar-refractivity contribution is 5.03. The van der Waals surface area contributed by atoms with Crippen molar-refractivity contribution in [3.05, 3.63) is 0 Å². The molecule has 0 aromatic carbocycles. The summed E-state index contributed by atoms with van der Waals surface area (Å²) in [6.07, 6.45) is 13.7. The zero-order chi connectivity index (χ0) is 11.3. The lowest BCUT2D eigenvalue weighted by molar-refractivity contribution is 0.0986. The first-order chi connectivity index (χ1) is 7.13. The van der Waals surface area contributed by atoms with Gasteiger partial charge in [-0.25, -0.2) is 0 Å². The van der Waals surface area contributed by atoms with Gasteiger partial charge in [0.05, 0.1) is 0 Å². The van der Waals surface area contributed by atoms with Gasteiger partial charge in [0.1, 0.15) is 0 Å². The molecule has 1 aliphatic rings. The van der Waals surface area contributed by atoms with Gasteiger partial charge in [-0.1, -0.05) is 25.7 Å². The fourth-order valence-corrected chi connectivity index (χ4v) is 2.81. The summed E-state index contributed by atoms with van der Waals surface area (Å²) in [5, 5.41) is 0. The van der Waals surface area contributed by atoms with Gasteiger partial charge < -0.3 is 10.6 Å². The molecule has 0 spiro atoms. The van der Waals surface area contributed by atoms with Crippen molar-refractivity contribution in [2.24, 2.45) is 5.73 Å². The summed E-state index contributed by atoms with van der Waals surface area (Å²) in [5.41, 5.74) is 6.42. The Labute approximate surface area is 94.2 Å². The molecule has 1 unspecified atom stereocenters. The maximum Gasteiger partial charge on any atom is 0.0363 e. The minimum Gasteiger partial charge on any atom is -0.325 e. The Kier molecular flexibility index (Phi) is 4.63. The monoisotopic (exact) mass is 208 g/mol. The Bertz CT molecular complexity index is 219. The van der Waals surface area contributed by atoms with Gasteiger partial charge in [-0.05, 0) is 26.9 Å². The predicted molar refractivity (Wildman–Crippen MR) is 65.5 cm³/mol. The Morgan fingerprint density at radius 3 is 2.20 bits per heavy atom. The van der Waals surface area contributed by atoms with Crippen molar-refractivity contribution in [2.75, 3.05) is 14.1 Å².